The smallest absolute Gasteiger partial charge is 0.129 e. The van der Waals surface area contributed by atoms with Crippen LogP contribution < -0.4 is 0 Å². The third-order valence-electron chi connectivity index (χ3n) is 1.66. The SMILES string of the molecule is CC(=O)CCCn1cc(CO)nn1. The number of aromatic nitrogens is 3. The van der Waals surface area contributed by atoms with Crippen LogP contribution in [-0.4, -0.2) is 25.9 Å². The van der Waals surface area contributed by atoms with Crippen LogP contribution in [0.1, 0.15) is 25.5 Å². The molecule has 1 rings (SSSR count). The second kappa shape index (κ2) is 4.71. The molecule has 0 atom stereocenters. The van der Waals surface area contributed by atoms with Crippen molar-refractivity contribution < 1.29 is 9.90 Å². The van der Waals surface area contributed by atoms with E-state index in [-0.39, 0.29) is 12.4 Å². The zero-order chi connectivity index (χ0) is 9.68. The number of aliphatic hydroxyl groups is 1. The molecule has 0 fully saturated rings. The van der Waals surface area contributed by atoms with E-state index in [4.69, 9.17) is 5.11 Å². The average molecular weight is 183 g/mol. The Kier molecular flexibility index (Phi) is 3.57. The minimum absolute atomic E-state index is 0.0906. The zero-order valence-corrected chi connectivity index (χ0v) is 7.60. The van der Waals surface area contributed by atoms with Crippen LogP contribution in [0.4, 0.5) is 0 Å². The number of carbonyl (C=O) groups excluding carboxylic acids is 1. The number of Topliss-reactive ketones (excluding diaryl/α,β-unsaturated/α-hetero) is 1. The summed E-state index contributed by atoms with van der Waals surface area (Å²) < 4.78 is 1.63. The number of ketones is 1. The van der Waals surface area contributed by atoms with Crippen LogP contribution in [0.3, 0.4) is 0 Å². The molecule has 1 aromatic rings. The van der Waals surface area contributed by atoms with Gasteiger partial charge in [0.2, 0.25) is 0 Å². The van der Waals surface area contributed by atoms with E-state index in [1.807, 2.05) is 0 Å². The first-order valence-electron chi connectivity index (χ1n) is 4.21. The predicted octanol–water partition coefficient (Wildman–Crippen LogP) is 0.140. The molecule has 0 aromatic carbocycles. The van der Waals surface area contributed by atoms with Crippen LogP contribution in [0.25, 0.3) is 0 Å². The van der Waals surface area contributed by atoms with E-state index in [0.29, 0.717) is 18.7 Å². The molecule has 13 heavy (non-hydrogen) atoms. The molecule has 0 radical (unpaired) electrons. The maximum absolute atomic E-state index is 10.6. The van der Waals surface area contributed by atoms with E-state index >= 15 is 0 Å². The summed E-state index contributed by atoms with van der Waals surface area (Å²) in [6, 6.07) is 0. The van der Waals surface area contributed by atoms with Crippen molar-refractivity contribution in [3.63, 3.8) is 0 Å². The van der Waals surface area contributed by atoms with Gasteiger partial charge in [0.25, 0.3) is 0 Å². The highest BCUT2D eigenvalue weighted by atomic mass is 16.3. The Hall–Kier alpha value is -1.23. The summed E-state index contributed by atoms with van der Waals surface area (Å²) in [5.41, 5.74) is 0.558. The second-order valence-corrected chi connectivity index (χ2v) is 2.94. The largest absolute Gasteiger partial charge is 0.390 e. The molecule has 1 N–H and O–H groups in total. The summed E-state index contributed by atoms with van der Waals surface area (Å²) in [6.07, 6.45) is 3.01. The highest BCUT2D eigenvalue weighted by Crippen LogP contribution is 1.97. The molecule has 5 heteroatoms. The zero-order valence-electron chi connectivity index (χ0n) is 7.60. The first kappa shape index (κ1) is 9.85. The lowest BCUT2D eigenvalue weighted by molar-refractivity contribution is -0.117. The molecule has 1 heterocycles. The minimum atomic E-state index is -0.0906. The number of carbonyl (C=O) groups is 1. The van der Waals surface area contributed by atoms with Crippen LogP contribution >= 0.6 is 0 Å². The van der Waals surface area contributed by atoms with Gasteiger partial charge in [-0.15, -0.1) is 5.10 Å². The van der Waals surface area contributed by atoms with Gasteiger partial charge in [0.1, 0.15) is 11.5 Å². The third-order valence-corrected chi connectivity index (χ3v) is 1.66. The Morgan fingerprint density at radius 2 is 2.46 bits per heavy atom. The molecule has 0 saturated heterocycles. The minimum Gasteiger partial charge on any atom is -0.390 e. The lowest BCUT2D eigenvalue weighted by Gasteiger charge is -1.96. The van der Waals surface area contributed by atoms with E-state index in [2.05, 4.69) is 10.3 Å². The topological polar surface area (TPSA) is 68.0 Å². The first-order valence-corrected chi connectivity index (χ1v) is 4.21. The van der Waals surface area contributed by atoms with E-state index in [0.717, 1.165) is 6.42 Å². The lowest BCUT2D eigenvalue weighted by Crippen LogP contribution is -2.01. The summed E-state index contributed by atoms with van der Waals surface area (Å²) in [6.45, 7) is 2.15. The van der Waals surface area contributed by atoms with Gasteiger partial charge in [-0.3, -0.25) is 4.68 Å². The summed E-state index contributed by atoms with van der Waals surface area (Å²) in [7, 11) is 0. The molecule has 0 saturated carbocycles. The van der Waals surface area contributed by atoms with E-state index in [1.54, 1.807) is 17.8 Å². The van der Waals surface area contributed by atoms with Gasteiger partial charge >= 0.3 is 0 Å². The third kappa shape index (κ3) is 3.33. The van der Waals surface area contributed by atoms with Crippen molar-refractivity contribution in [2.45, 2.75) is 32.9 Å². The summed E-state index contributed by atoms with van der Waals surface area (Å²) in [5, 5.41) is 16.2. The molecule has 0 spiro atoms. The Morgan fingerprint density at radius 3 is 3.00 bits per heavy atom. The molecule has 0 aliphatic rings. The summed E-state index contributed by atoms with van der Waals surface area (Å²) in [5.74, 6) is 0.183. The van der Waals surface area contributed by atoms with E-state index in [1.165, 1.54) is 0 Å². The molecule has 0 bridgehead atoms. The van der Waals surface area contributed by atoms with Crippen molar-refractivity contribution in [3.8, 4) is 0 Å². The quantitative estimate of drug-likeness (QED) is 0.705. The Balaban J connectivity index is 2.32. The number of hydrogen-bond acceptors (Lipinski definition) is 4. The van der Waals surface area contributed by atoms with Gasteiger partial charge in [0.15, 0.2) is 0 Å². The highest BCUT2D eigenvalue weighted by molar-refractivity contribution is 5.75. The monoisotopic (exact) mass is 183 g/mol. The fourth-order valence-electron chi connectivity index (χ4n) is 1.01. The maximum atomic E-state index is 10.6. The van der Waals surface area contributed by atoms with E-state index < -0.39 is 0 Å². The molecule has 0 aliphatic carbocycles. The van der Waals surface area contributed by atoms with Crippen molar-refractivity contribution in [1.82, 2.24) is 15.0 Å². The number of aliphatic hydroxyl groups excluding tert-OH is 1. The maximum Gasteiger partial charge on any atom is 0.129 e. The summed E-state index contributed by atoms with van der Waals surface area (Å²) >= 11 is 0. The van der Waals surface area contributed by atoms with Gasteiger partial charge in [0, 0.05) is 13.0 Å². The fraction of sp³-hybridized carbons (Fsp3) is 0.625. The van der Waals surface area contributed by atoms with Gasteiger partial charge in [-0.05, 0) is 13.3 Å². The lowest BCUT2D eigenvalue weighted by atomic mass is 10.2. The molecular formula is C8H13N3O2. The second-order valence-electron chi connectivity index (χ2n) is 2.94. The highest BCUT2D eigenvalue weighted by Gasteiger charge is 1.99. The molecule has 5 nitrogen and oxygen atoms in total. The van der Waals surface area contributed by atoms with Gasteiger partial charge < -0.3 is 9.90 Å². The van der Waals surface area contributed by atoms with Gasteiger partial charge in [-0.2, -0.15) is 0 Å². The van der Waals surface area contributed by atoms with Gasteiger partial charge in [0.05, 0.1) is 12.8 Å². The van der Waals surface area contributed by atoms with Crippen LogP contribution in [0, 0.1) is 0 Å². The standard InChI is InChI=1S/C8H13N3O2/c1-7(13)3-2-4-11-5-8(6-12)9-10-11/h5,12H,2-4,6H2,1H3. The number of nitrogens with zero attached hydrogens (tertiary/aromatic N) is 3. The number of hydrogen-bond donors (Lipinski definition) is 1. The van der Waals surface area contributed by atoms with Crippen molar-refractivity contribution in [3.05, 3.63) is 11.9 Å². The van der Waals surface area contributed by atoms with Gasteiger partial charge in [-0.1, -0.05) is 5.21 Å². The van der Waals surface area contributed by atoms with Crippen LogP contribution in [0.15, 0.2) is 6.20 Å². The average Bonchev–Trinajstić information content (AvgIpc) is 2.52. The number of aryl methyl sites for hydroxylation is 1. The van der Waals surface area contributed by atoms with Crippen LogP contribution in [-0.2, 0) is 17.9 Å². The molecular weight excluding hydrogens is 170 g/mol. The first-order chi connectivity index (χ1) is 6.22. The molecule has 0 amide bonds. The van der Waals surface area contributed by atoms with Crippen molar-refractivity contribution >= 4 is 5.78 Å². The molecule has 72 valence electrons. The summed E-state index contributed by atoms with van der Waals surface area (Å²) in [4.78, 5) is 10.6. The van der Waals surface area contributed by atoms with Crippen molar-refractivity contribution in [1.29, 1.82) is 0 Å². The normalized spacial score (nSPS) is 10.3. The van der Waals surface area contributed by atoms with Gasteiger partial charge in [-0.25, -0.2) is 0 Å². The predicted molar refractivity (Wildman–Crippen MR) is 45.9 cm³/mol. The Morgan fingerprint density at radius 1 is 1.69 bits per heavy atom. The van der Waals surface area contributed by atoms with Crippen molar-refractivity contribution in [2.75, 3.05) is 0 Å². The van der Waals surface area contributed by atoms with Crippen LogP contribution in [0.2, 0.25) is 0 Å². The van der Waals surface area contributed by atoms with Crippen molar-refractivity contribution in [2.24, 2.45) is 0 Å². The molecule has 0 aliphatic heterocycles. The van der Waals surface area contributed by atoms with Crippen LogP contribution in [0.5, 0.6) is 0 Å². The molecule has 0 unspecified atom stereocenters. The fourth-order valence-corrected chi connectivity index (χ4v) is 1.01. The van der Waals surface area contributed by atoms with E-state index in [9.17, 15) is 4.79 Å². The molecule has 1 aromatic heterocycles. The Labute approximate surface area is 76.4 Å². The Bertz CT molecular complexity index is 283. The number of rotatable bonds is 5.